The van der Waals surface area contributed by atoms with Gasteiger partial charge in [-0.05, 0) is 18.6 Å². The SMILES string of the molecule is CCCC1OC(=O)OC1(Cn1cncn1)c1ccc(Cl)cc1. The van der Waals surface area contributed by atoms with Crippen LogP contribution < -0.4 is 0 Å². The number of benzene rings is 1. The molecule has 1 aliphatic rings. The number of rotatable bonds is 5. The predicted octanol–water partition coefficient (Wildman–Crippen LogP) is 3.16. The standard InChI is InChI=1S/C15H16ClN3O3/c1-2-3-13-15(22-14(20)21-13,8-19-10-17-9-18-19)11-4-6-12(16)7-5-11/h4-7,9-10,13H,2-3,8H2,1H3. The van der Waals surface area contributed by atoms with Crippen molar-refractivity contribution in [3.63, 3.8) is 0 Å². The number of aromatic nitrogens is 3. The third-order valence-electron chi connectivity index (χ3n) is 3.77. The molecule has 1 aromatic heterocycles. The molecule has 2 unspecified atom stereocenters. The molecule has 116 valence electrons. The lowest BCUT2D eigenvalue weighted by Crippen LogP contribution is -2.41. The Bertz CT molecular complexity index is 645. The monoisotopic (exact) mass is 321 g/mol. The zero-order valence-corrected chi connectivity index (χ0v) is 12.9. The van der Waals surface area contributed by atoms with Crippen molar-refractivity contribution in [1.29, 1.82) is 0 Å². The molecule has 2 heterocycles. The van der Waals surface area contributed by atoms with Crippen molar-refractivity contribution in [3.05, 3.63) is 47.5 Å². The molecule has 3 rings (SSSR count). The van der Waals surface area contributed by atoms with E-state index in [1.807, 2.05) is 19.1 Å². The van der Waals surface area contributed by atoms with E-state index < -0.39 is 11.8 Å². The number of nitrogens with zero attached hydrogens (tertiary/aromatic N) is 3. The second-order valence-electron chi connectivity index (χ2n) is 5.24. The number of hydrogen-bond donors (Lipinski definition) is 0. The van der Waals surface area contributed by atoms with Gasteiger partial charge in [0.25, 0.3) is 0 Å². The molecule has 0 N–H and O–H groups in total. The molecule has 0 spiro atoms. The van der Waals surface area contributed by atoms with Crippen LogP contribution in [0.2, 0.25) is 5.02 Å². The van der Waals surface area contributed by atoms with Gasteiger partial charge in [0.2, 0.25) is 0 Å². The minimum Gasteiger partial charge on any atom is -0.426 e. The molecule has 1 fully saturated rings. The summed E-state index contributed by atoms with van der Waals surface area (Å²) in [5, 5.41) is 4.74. The van der Waals surface area contributed by atoms with E-state index >= 15 is 0 Å². The molecule has 0 saturated carbocycles. The molecule has 22 heavy (non-hydrogen) atoms. The summed E-state index contributed by atoms with van der Waals surface area (Å²) in [7, 11) is 0. The summed E-state index contributed by atoms with van der Waals surface area (Å²) in [5.41, 5.74) is -0.0949. The molecule has 0 aliphatic carbocycles. The summed E-state index contributed by atoms with van der Waals surface area (Å²) in [4.78, 5) is 15.7. The van der Waals surface area contributed by atoms with Crippen molar-refractivity contribution in [2.24, 2.45) is 0 Å². The molecule has 2 atom stereocenters. The van der Waals surface area contributed by atoms with Crippen LogP contribution in [0.5, 0.6) is 0 Å². The van der Waals surface area contributed by atoms with Crippen LogP contribution >= 0.6 is 11.6 Å². The van der Waals surface area contributed by atoms with Gasteiger partial charge in [-0.1, -0.05) is 37.1 Å². The van der Waals surface area contributed by atoms with Gasteiger partial charge < -0.3 is 9.47 Å². The zero-order valence-electron chi connectivity index (χ0n) is 12.1. The van der Waals surface area contributed by atoms with Crippen LogP contribution in [0.3, 0.4) is 0 Å². The topological polar surface area (TPSA) is 66.2 Å². The Morgan fingerprint density at radius 1 is 1.36 bits per heavy atom. The number of carbonyl (C=O) groups is 1. The minimum absolute atomic E-state index is 0.338. The number of ether oxygens (including phenoxy) is 2. The average Bonchev–Trinajstić information content (AvgIpc) is 3.09. The van der Waals surface area contributed by atoms with Gasteiger partial charge in [0.1, 0.15) is 12.7 Å². The summed E-state index contributed by atoms with van der Waals surface area (Å²) in [5.74, 6) is 0. The maximum Gasteiger partial charge on any atom is 0.509 e. The van der Waals surface area contributed by atoms with Gasteiger partial charge >= 0.3 is 6.16 Å². The number of hydrogen-bond acceptors (Lipinski definition) is 5. The molecule has 1 saturated heterocycles. The van der Waals surface area contributed by atoms with Crippen molar-refractivity contribution in [3.8, 4) is 0 Å². The predicted molar refractivity (Wildman–Crippen MR) is 79.4 cm³/mol. The van der Waals surface area contributed by atoms with Crippen LogP contribution in [0.1, 0.15) is 25.3 Å². The van der Waals surface area contributed by atoms with E-state index in [4.69, 9.17) is 21.1 Å². The van der Waals surface area contributed by atoms with Crippen LogP contribution in [-0.2, 0) is 21.6 Å². The summed E-state index contributed by atoms with van der Waals surface area (Å²) in [6, 6.07) is 7.25. The molecule has 0 amide bonds. The maximum absolute atomic E-state index is 11.8. The van der Waals surface area contributed by atoms with E-state index in [0.29, 0.717) is 18.0 Å². The van der Waals surface area contributed by atoms with Crippen molar-refractivity contribution in [1.82, 2.24) is 14.8 Å². The van der Waals surface area contributed by atoms with Crippen molar-refractivity contribution >= 4 is 17.8 Å². The molecule has 7 heteroatoms. The first-order valence-electron chi connectivity index (χ1n) is 7.12. The van der Waals surface area contributed by atoms with E-state index in [9.17, 15) is 4.79 Å². The Hall–Kier alpha value is -2.08. The molecule has 2 aromatic rings. The van der Waals surface area contributed by atoms with Gasteiger partial charge in [0.15, 0.2) is 11.7 Å². The highest BCUT2D eigenvalue weighted by Crippen LogP contribution is 2.41. The largest absolute Gasteiger partial charge is 0.509 e. The highest BCUT2D eigenvalue weighted by atomic mass is 35.5. The number of cyclic esters (lactones) is 2. The van der Waals surface area contributed by atoms with Gasteiger partial charge in [-0.15, -0.1) is 0 Å². The first-order chi connectivity index (χ1) is 10.6. The number of carbonyl (C=O) groups excluding carboxylic acids is 1. The van der Waals surface area contributed by atoms with Crippen LogP contribution in [0.15, 0.2) is 36.9 Å². The number of halogens is 1. The lowest BCUT2D eigenvalue weighted by molar-refractivity contribution is 0.00126. The molecular weight excluding hydrogens is 306 g/mol. The lowest BCUT2D eigenvalue weighted by atomic mass is 9.86. The Morgan fingerprint density at radius 2 is 2.14 bits per heavy atom. The van der Waals surface area contributed by atoms with Crippen molar-refractivity contribution < 1.29 is 14.3 Å². The zero-order chi connectivity index (χ0) is 15.6. The van der Waals surface area contributed by atoms with Gasteiger partial charge in [0.05, 0.1) is 6.54 Å². The first-order valence-corrected chi connectivity index (χ1v) is 7.50. The highest BCUT2D eigenvalue weighted by molar-refractivity contribution is 6.30. The van der Waals surface area contributed by atoms with Crippen LogP contribution in [0, 0.1) is 0 Å². The van der Waals surface area contributed by atoms with Gasteiger partial charge in [-0.25, -0.2) is 14.5 Å². The average molecular weight is 322 g/mol. The third-order valence-corrected chi connectivity index (χ3v) is 4.02. The first kappa shape index (κ1) is 14.8. The highest BCUT2D eigenvalue weighted by Gasteiger charge is 2.52. The van der Waals surface area contributed by atoms with E-state index in [1.54, 1.807) is 23.1 Å². The second-order valence-corrected chi connectivity index (χ2v) is 5.67. The summed E-state index contributed by atoms with van der Waals surface area (Å²) < 4.78 is 12.7. The molecule has 0 bridgehead atoms. The fourth-order valence-corrected chi connectivity index (χ4v) is 2.89. The fraction of sp³-hybridized carbons (Fsp3) is 0.400. The Kier molecular flexibility index (Phi) is 4.02. The molecular formula is C15H16ClN3O3. The van der Waals surface area contributed by atoms with Gasteiger partial charge in [0, 0.05) is 10.6 Å². The minimum atomic E-state index is -0.925. The third kappa shape index (κ3) is 2.66. The quantitative estimate of drug-likeness (QED) is 0.791. The fourth-order valence-electron chi connectivity index (χ4n) is 2.76. The summed E-state index contributed by atoms with van der Waals surface area (Å²) >= 11 is 5.97. The second kappa shape index (κ2) is 5.96. The van der Waals surface area contributed by atoms with Crippen LogP contribution in [0.4, 0.5) is 4.79 Å². The molecule has 1 aliphatic heterocycles. The van der Waals surface area contributed by atoms with E-state index in [0.717, 1.165) is 12.0 Å². The van der Waals surface area contributed by atoms with E-state index in [2.05, 4.69) is 10.1 Å². The van der Waals surface area contributed by atoms with Gasteiger partial charge in [-0.3, -0.25) is 0 Å². The Morgan fingerprint density at radius 3 is 2.77 bits per heavy atom. The molecule has 1 aromatic carbocycles. The Labute approximate surface area is 133 Å². The van der Waals surface area contributed by atoms with E-state index in [1.165, 1.54) is 6.33 Å². The smallest absolute Gasteiger partial charge is 0.426 e. The van der Waals surface area contributed by atoms with Gasteiger partial charge in [-0.2, -0.15) is 5.10 Å². The summed E-state index contributed by atoms with van der Waals surface area (Å²) in [6.07, 6.45) is 3.57. The summed E-state index contributed by atoms with van der Waals surface area (Å²) in [6.45, 7) is 2.37. The lowest BCUT2D eigenvalue weighted by Gasteiger charge is -2.31. The Balaban J connectivity index is 2.04. The van der Waals surface area contributed by atoms with Crippen LogP contribution in [-0.4, -0.2) is 27.0 Å². The van der Waals surface area contributed by atoms with E-state index in [-0.39, 0.29) is 6.10 Å². The van der Waals surface area contributed by atoms with Crippen molar-refractivity contribution in [2.45, 2.75) is 38.0 Å². The maximum atomic E-state index is 11.8. The molecule has 6 nitrogen and oxygen atoms in total. The van der Waals surface area contributed by atoms with Crippen molar-refractivity contribution in [2.75, 3.05) is 0 Å². The molecule has 0 radical (unpaired) electrons. The normalized spacial score (nSPS) is 24.1. The van der Waals surface area contributed by atoms with Crippen LogP contribution in [0.25, 0.3) is 0 Å².